The quantitative estimate of drug-likeness (QED) is 0.693. The summed E-state index contributed by atoms with van der Waals surface area (Å²) in [6.45, 7) is 1.51. The summed E-state index contributed by atoms with van der Waals surface area (Å²) in [6.07, 6.45) is 3.09. The molecule has 1 saturated heterocycles. The van der Waals surface area contributed by atoms with Gasteiger partial charge in [0, 0.05) is 24.5 Å². The van der Waals surface area contributed by atoms with E-state index < -0.39 is 5.41 Å². The number of rotatable bonds is 4. The molecule has 2 aromatic carbocycles. The van der Waals surface area contributed by atoms with Crippen molar-refractivity contribution in [1.82, 2.24) is 9.97 Å². The van der Waals surface area contributed by atoms with Crippen LogP contribution in [0.3, 0.4) is 0 Å². The highest BCUT2D eigenvalue weighted by Crippen LogP contribution is 2.39. The van der Waals surface area contributed by atoms with Crippen molar-refractivity contribution >= 4 is 16.7 Å². The summed E-state index contributed by atoms with van der Waals surface area (Å²) in [7, 11) is 3.23. The number of ether oxygens (including phenoxy) is 2. The summed E-state index contributed by atoms with van der Waals surface area (Å²) in [5.74, 6) is 2.16. The van der Waals surface area contributed by atoms with Crippen LogP contribution in [0.5, 0.6) is 11.5 Å². The molecule has 1 aliphatic rings. The Balaban J connectivity index is 1.66. The predicted molar refractivity (Wildman–Crippen MR) is 108 cm³/mol. The van der Waals surface area contributed by atoms with E-state index in [1.54, 1.807) is 20.5 Å². The van der Waals surface area contributed by atoms with Gasteiger partial charge in [0.1, 0.15) is 12.1 Å². The Morgan fingerprint density at radius 3 is 2.32 bits per heavy atom. The monoisotopic (exact) mass is 374 g/mol. The van der Waals surface area contributed by atoms with Gasteiger partial charge in [-0.3, -0.25) is 0 Å². The molecule has 2 heterocycles. The second-order valence-electron chi connectivity index (χ2n) is 6.97. The van der Waals surface area contributed by atoms with Gasteiger partial charge in [-0.15, -0.1) is 0 Å². The van der Waals surface area contributed by atoms with E-state index in [1.165, 1.54) is 0 Å². The fourth-order valence-corrected chi connectivity index (χ4v) is 3.94. The Morgan fingerprint density at radius 1 is 1.00 bits per heavy atom. The lowest BCUT2D eigenvalue weighted by atomic mass is 9.74. The minimum Gasteiger partial charge on any atom is -0.493 e. The zero-order chi connectivity index (χ0) is 19.6. The number of nitrogens with zero attached hydrogens (tertiary/aromatic N) is 4. The average molecular weight is 374 g/mol. The van der Waals surface area contributed by atoms with Crippen molar-refractivity contribution in [3.63, 3.8) is 0 Å². The molecule has 3 aromatic rings. The van der Waals surface area contributed by atoms with Crippen molar-refractivity contribution in [3.05, 3.63) is 54.4 Å². The van der Waals surface area contributed by atoms with Crippen LogP contribution in [0, 0.1) is 11.3 Å². The average Bonchev–Trinajstić information content (AvgIpc) is 2.78. The molecule has 1 aliphatic heterocycles. The summed E-state index contributed by atoms with van der Waals surface area (Å²) in [5.41, 5.74) is 1.46. The topological polar surface area (TPSA) is 71.3 Å². The minimum absolute atomic E-state index is 0.443. The highest BCUT2D eigenvalue weighted by molar-refractivity contribution is 5.92. The fourth-order valence-electron chi connectivity index (χ4n) is 3.94. The molecule has 6 heteroatoms. The lowest BCUT2D eigenvalue weighted by Crippen LogP contribution is -2.42. The summed E-state index contributed by atoms with van der Waals surface area (Å²) >= 11 is 0. The molecule has 6 nitrogen and oxygen atoms in total. The van der Waals surface area contributed by atoms with Gasteiger partial charge in [0.15, 0.2) is 11.5 Å². The van der Waals surface area contributed by atoms with E-state index in [0.29, 0.717) is 11.5 Å². The maximum atomic E-state index is 9.92. The van der Waals surface area contributed by atoms with Crippen LogP contribution >= 0.6 is 0 Å². The van der Waals surface area contributed by atoms with Crippen LogP contribution in [0.15, 0.2) is 48.8 Å². The predicted octanol–water partition coefficient (Wildman–Crippen LogP) is 3.71. The lowest BCUT2D eigenvalue weighted by molar-refractivity contribution is 0.355. The highest BCUT2D eigenvalue weighted by Gasteiger charge is 2.37. The molecular weight excluding hydrogens is 352 g/mol. The van der Waals surface area contributed by atoms with E-state index in [9.17, 15) is 5.26 Å². The summed E-state index contributed by atoms with van der Waals surface area (Å²) in [5, 5.41) is 10.8. The molecule has 0 aliphatic carbocycles. The number of nitriles is 1. The third-order valence-electron chi connectivity index (χ3n) is 5.58. The fraction of sp³-hybridized carbons (Fsp3) is 0.318. The molecule has 0 amide bonds. The third kappa shape index (κ3) is 2.99. The van der Waals surface area contributed by atoms with Gasteiger partial charge in [-0.2, -0.15) is 5.26 Å². The number of piperidine rings is 1. The molecule has 0 atom stereocenters. The summed E-state index contributed by atoms with van der Waals surface area (Å²) in [4.78, 5) is 11.2. The van der Waals surface area contributed by atoms with Crippen molar-refractivity contribution in [2.45, 2.75) is 18.3 Å². The second-order valence-corrected chi connectivity index (χ2v) is 6.97. The van der Waals surface area contributed by atoms with E-state index in [4.69, 9.17) is 9.47 Å². The van der Waals surface area contributed by atoms with Gasteiger partial charge in [-0.05, 0) is 24.5 Å². The molecule has 0 spiro atoms. The van der Waals surface area contributed by atoms with Gasteiger partial charge in [-0.25, -0.2) is 9.97 Å². The Kier molecular flexibility index (Phi) is 4.74. The minimum atomic E-state index is -0.443. The number of anilines is 1. The zero-order valence-corrected chi connectivity index (χ0v) is 16.1. The zero-order valence-electron chi connectivity index (χ0n) is 16.1. The van der Waals surface area contributed by atoms with Crippen LogP contribution in [0.1, 0.15) is 18.4 Å². The number of hydrogen-bond acceptors (Lipinski definition) is 6. The largest absolute Gasteiger partial charge is 0.493 e. The first kappa shape index (κ1) is 18.1. The van der Waals surface area contributed by atoms with Crippen LogP contribution in [0.25, 0.3) is 10.9 Å². The van der Waals surface area contributed by atoms with Gasteiger partial charge < -0.3 is 14.4 Å². The number of fused-ring (bicyclic) bond motifs is 1. The molecule has 142 valence electrons. The first-order chi connectivity index (χ1) is 13.7. The Labute approximate surface area is 164 Å². The third-order valence-corrected chi connectivity index (χ3v) is 5.58. The second kappa shape index (κ2) is 7.35. The Hall–Kier alpha value is -3.33. The van der Waals surface area contributed by atoms with Crippen molar-refractivity contribution in [2.24, 2.45) is 0 Å². The Bertz CT molecular complexity index is 1020. The molecule has 0 unspecified atom stereocenters. The number of methoxy groups -OCH3 is 2. The number of hydrogen-bond donors (Lipinski definition) is 0. The molecule has 0 saturated carbocycles. The van der Waals surface area contributed by atoms with Crippen LogP contribution < -0.4 is 14.4 Å². The van der Waals surface area contributed by atoms with Crippen molar-refractivity contribution < 1.29 is 9.47 Å². The van der Waals surface area contributed by atoms with E-state index >= 15 is 0 Å². The smallest absolute Gasteiger partial charge is 0.162 e. The van der Waals surface area contributed by atoms with E-state index in [1.807, 2.05) is 30.3 Å². The summed E-state index contributed by atoms with van der Waals surface area (Å²) in [6, 6.07) is 16.5. The molecule has 0 radical (unpaired) electrons. The molecule has 0 N–H and O–H groups in total. The maximum Gasteiger partial charge on any atom is 0.162 e. The van der Waals surface area contributed by atoms with Crippen molar-refractivity contribution in [3.8, 4) is 17.6 Å². The Morgan fingerprint density at radius 2 is 1.68 bits per heavy atom. The number of aromatic nitrogens is 2. The van der Waals surface area contributed by atoms with Gasteiger partial charge >= 0.3 is 0 Å². The molecule has 1 aromatic heterocycles. The molecule has 4 rings (SSSR count). The molecule has 0 bridgehead atoms. The molecule has 1 fully saturated rings. The van der Waals surface area contributed by atoms with Crippen LogP contribution in [0.2, 0.25) is 0 Å². The normalized spacial score (nSPS) is 15.8. The number of benzene rings is 2. The summed E-state index contributed by atoms with van der Waals surface area (Å²) < 4.78 is 10.8. The first-order valence-electron chi connectivity index (χ1n) is 9.29. The first-order valence-corrected chi connectivity index (χ1v) is 9.29. The molecule has 28 heavy (non-hydrogen) atoms. The van der Waals surface area contributed by atoms with Gasteiger partial charge in [0.25, 0.3) is 0 Å². The van der Waals surface area contributed by atoms with E-state index in [-0.39, 0.29) is 0 Å². The standard InChI is InChI=1S/C22H22N4O2/c1-27-19-12-17-18(13-20(19)28-2)24-15-25-21(17)26-10-8-22(14-23,9-11-26)16-6-4-3-5-7-16/h3-7,12-13,15H,8-11H2,1-2H3. The van der Waals surface area contributed by atoms with Crippen LogP contribution in [-0.4, -0.2) is 37.3 Å². The van der Waals surface area contributed by atoms with Crippen LogP contribution in [-0.2, 0) is 5.41 Å². The van der Waals surface area contributed by atoms with Gasteiger partial charge in [0.2, 0.25) is 0 Å². The van der Waals surface area contributed by atoms with Crippen molar-refractivity contribution in [1.29, 1.82) is 5.26 Å². The molecular formula is C22H22N4O2. The van der Waals surface area contributed by atoms with Crippen LogP contribution in [0.4, 0.5) is 5.82 Å². The highest BCUT2D eigenvalue weighted by atomic mass is 16.5. The van der Waals surface area contributed by atoms with Crippen molar-refractivity contribution in [2.75, 3.05) is 32.2 Å². The maximum absolute atomic E-state index is 9.92. The SMILES string of the molecule is COc1cc2ncnc(N3CCC(C#N)(c4ccccc4)CC3)c2cc1OC. The lowest BCUT2D eigenvalue weighted by Gasteiger charge is -2.38. The van der Waals surface area contributed by atoms with E-state index in [2.05, 4.69) is 33.1 Å². The van der Waals surface area contributed by atoms with Gasteiger partial charge in [-0.1, -0.05) is 30.3 Å². The van der Waals surface area contributed by atoms with Gasteiger partial charge in [0.05, 0.1) is 31.2 Å². The van der Waals surface area contributed by atoms with E-state index in [0.717, 1.165) is 48.2 Å².